The van der Waals surface area contributed by atoms with Gasteiger partial charge in [-0.25, -0.2) is 0 Å². The van der Waals surface area contributed by atoms with E-state index in [4.69, 9.17) is 10.5 Å². The lowest BCUT2D eigenvalue weighted by atomic mass is 10.1. The van der Waals surface area contributed by atoms with Gasteiger partial charge in [0.25, 0.3) is 5.91 Å². The Kier molecular flexibility index (Phi) is 3.95. The standard InChI is InChI=1S/C14H21N3O2/c1-9(7-15)8-17-12-6-11(16-3)4-5-13(12)19-10(2)14(17)18/h4-6,9-10,16H,7-8,15H2,1-3H3. The van der Waals surface area contributed by atoms with Crippen LogP contribution < -0.4 is 20.7 Å². The van der Waals surface area contributed by atoms with Crippen LogP contribution in [0.3, 0.4) is 0 Å². The number of rotatable bonds is 4. The number of nitrogens with two attached hydrogens (primary N) is 1. The Labute approximate surface area is 113 Å². The van der Waals surface area contributed by atoms with Gasteiger partial charge in [-0.05, 0) is 37.6 Å². The Bertz CT molecular complexity index is 476. The fourth-order valence-electron chi connectivity index (χ4n) is 2.14. The van der Waals surface area contributed by atoms with Crippen molar-refractivity contribution in [3.05, 3.63) is 18.2 Å². The molecule has 1 amide bonds. The summed E-state index contributed by atoms with van der Waals surface area (Å²) in [5, 5.41) is 3.07. The van der Waals surface area contributed by atoms with Crippen LogP contribution in [0.2, 0.25) is 0 Å². The van der Waals surface area contributed by atoms with Crippen molar-refractivity contribution in [1.82, 2.24) is 0 Å². The fourth-order valence-corrected chi connectivity index (χ4v) is 2.14. The van der Waals surface area contributed by atoms with Crippen molar-refractivity contribution >= 4 is 17.3 Å². The van der Waals surface area contributed by atoms with Gasteiger partial charge < -0.3 is 20.7 Å². The highest BCUT2D eigenvalue weighted by molar-refractivity contribution is 6.00. The molecule has 0 bridgehead atoms. The zero-order chi connectivity index (χ0) is 14.0. The molecular formula is C14H21N3O2. The van der Waals surface area contributed by atoms with E-state index >= 15 is 0 Å². The van der Waals surface area contributed by atoms with Crippen LogP contribution in [-0.4, -0.2) is 32.1 Å². The number of anilines is 2. The first kappa shape index (κ1) is 13.7. The van der Waals surface area contributed by atoms with Gasteiger partial charge in [-0.1, -0.05) is 6.92 Å². The monoisotopic (exact) mass is 263 g/mol. The number of hydrogen-bond acceptors (Lipinski definition) is 4. The predicted octanol–water partition coefficient (Wildman–Crippen LogP) is 1.44. The first-order valence-electron chi connectivity index (χ1n) is 6.56. The summed E-state index contributed by atoms with van der Waals surface area (Å²) < 4.78 is 5.64. The van der Waals surface area contributed by atoms with Gasteiger partial charge in [0.05, 0.1) is 5.69 Å². The third-order valence-electron chi connectivity index (χ3n) is 3.35. The van der Waals surface area contributed by atoms with Crippen molar-refractivity contribution < 1.29 is 9.53 Å². The molecule has 0 radical (unpaired) electrons. The van der Waals surface area contributed by atoms with E-state index in [1.165, 1.54) is 0 Å². The summed E-state index contributed by atoms with van der Waals surface area (Å²) in [7, 11) is 1.85. The quantitative estimate of drug-likeness (QED) is 0.862. The van der Waals surface area contributed by atoms with Crippen LogP contribution >= 0.6 is 0 Å². The minimum absolute atomic E-state index is 0.0129. The van der Waals surface area contributed by atoms with Crippen LogP contribution in [0.25, 0.3) is 0 Å². The van der Waals surface area contributed by atoms with Crippen LogP contribution in [0.15, 0.2) is 18.2 Å². The number of amides is 1. The van der Waals surface area contributed by atoms with E-state index < -0.39 is 6.10 Å². The molecular weight excluding hydrogens is 242 g/mol. The highest BCUT2D eigenvalue weighted by Crippen LogP contribution is 2.36. The zero-order valence-electron chi connectivity index (χ0n) is 11.6. The smallest absolute Gasteiger partial charge is 0.267 e. The third-order valence-corrected chi connectivity index (χ3v) is 3.35. The Morgan fingerprint density at radius 2 is 2.26 bits per heavy atom. The topological polar surface area (TPSA) is 67.6 Å². The summed E-state index contributed by atoms with van der Waals surface area (Å²) >= 11 is 0. The summed E-state index contributed by atoms with van der Waals surface area (Å²) in [6, 6.07) is 5.76. The molecule has 1 aliphatic rings. The number of ether oxygens (including phenoxy) is 1. The molecule has 5 nitrogen and oxygen atoms in total. The van der Waals surface area contributed by atoms with Crippen LogP contribution in [0.5, 0.6) is 5.75 Å². The van der Waals surface area contributed by atoms with E-state index in [0.29, 0.717) is 13.1 Å². The van der Waals surface area contributed by atoms with Gasteiger partial charge in [-0.3, -0.25) is 4.79 Å². The van der Waals surface area contributed by atoms with Crippen LogP contribution in [-0.2, 0) is 4.79 Å². The summed E-state index contributed by atoms with van der Waals surface area (Å²) in [4.78, 5) is 14.1. The molecule has 1 heterocycles. The molecule has 0 aliphatic carbocycles. The van der Waals surface area contributed by atoms with E-state index in [1.54, 1.807) is 11.8 Å². The van der Waals surface area contributed by atoms with Crippen LogP contribution in [0.4, 0.5) is 11.4 Å². The second-order valence-electron chi connectivity index (χ2n) is 4.98. The molecule has 2 rings (SSSR count). The Morgan fingerprint density at radius 3 is 2.89 bits per heavy atom. The summed E-state index contributed by atoms with van der Waals surface area (Å²) in [5.74, 6) is 0.983. The van der Waals surface area contributed by atoms with E-state index in [9.17, 15) is 4.79 Å². The second-order valence-corrected chi connectivity index (χ2v) is 4.98. The Morgan fingerprint density at radius 1 is 1.53 bits per heavy atom. The second kappa shape index (κ2) is 5.48. The average molecular weight is 263 g/mol. The van der Waals surface area contributed by atoms with E-state index in [-0.39, 0.29) is 11.8 Å². The maximum atomic E-state index is 12.3. The van der Waals surface area contributed by atoms with Crippen molar-refractivity contribution in [2.24, 2.45) is 11.7 Å². The molecule has 0 saturated carbocycles. The number of hydrogen-bond donors (Lipinski definition) is 2. The van der Waals surface area contributed by atoms with Gasteiger partial charge in [0.2, 0.25) is 0 Å². The molecule has 0 fully saturated rings. The molecule has 19 heavy (non-hydrogen) atoms. The van der Waals surface area contributed by atoms with Crippen molar-refractivity contribution in [3.63, 3.8) is 0 Å². The number of benzene rings is 1. The van der Waals surface area contributed by atoms with Crippen molar-refractivity contribution in [2.75, 3.05) is 30.4 Å². The number of nitrogens with one attached hydrogen (secondary N) is 1. The summed E-state index contributed by atoms with van der Waals surface area (Å²) in [6.45, 7) is 4.98. The van der Waals surface area contributed by atoms with Gasteiger partial charge in [-0.15, -0.1) is 0 Å². The first-order valence-corrected chi connectivity index (χ1v) is 6.56. The number of carbonyl (C=O) groups excluding carboxylic acids is 1. The molecule has 1 aromatic rings. The van der Waals surface area contributed by atoms with Crippen LogP contribution in [0, 0.1) is 5.92 Å². The van der Waals surface area contributed by atoms with Crippen molar-refractivity contribution in [2.45, 2.75) is 20.0 Å². The predicted molar refractivity (Wildman–Crippen MR) is 76.7 cm³/mol. The fraction of sp³-hybridized carbons (Fsp3) is 0.500. The molecule has 104 valence electrons. The number of nitrogens with zero attached hydrogens (tertiary/aromatic N) is 1. The highest BCUT2D eigenvalue weighted by Gasteiger charge is 2.32. The maximum absolute atomic E-state index is 12.3. The molecule has 2 unspecified atom stereocenters. The largest absolute Gasteiger partial charge is 0.479 e. The molecule has 0 spiro atoms. The van der Waals surface area contributed by atoms with E-state index in [2.05, 4.69) is 5.32 Å². The highest BCUT2D eigenvalue weighted by atomic mass is 16.5. The first-order chi connectivity index (χ1) is 9.06. The maximum Gasteiger partial charge on any atom is 0.267 e. The summed E-state index contributed by atoms with van der Waals surface area (Å²) in [6.07, 6.45) is -0.446. The molecule has 0 saturated heterocycles. The van der Waals surface area contributed by atoms with Crippen molar-refractivity contribution in [3.8, 4) is 5.75 Å². The number of carbonyl (C=O) groups is 1. The Balaban J connectivity index is 2.38. The molecule has 3 N–H and O–H groups in total. The van der Waals surface area contributed by atoms with Gasteiger partial charge in [0, 0.05) is 19.3 Å². The lowest BCUT2D eigenvalue weighted by Crippen LogP contribution is -2.47. The van der Waals surface area contributed by atoms with Crippen molar-refractivity contribution in [1.29, 1.82) is 0 Å². The Hall–Kier alpha value is -1.75. The van der Waals surface area contributed by atoms with Gasteiger partial charge in [-0.2, -0.15) is 0 Å². The lowest BCUT2D eigenvalue weighted by molar-refractivity contribution is -0.125. The van der Waals surface area contributed by atoms with E-state index in [0.717, 1.165) is 17.1 Å². The van der Waals surface area contributed by atoms with Gasteiger partial charge in [0.15, 0.2) is 6.10 Å². The number of fused-ring (bicyclic) bond motifs is 1. The lowest BCUT2D eigenvalue weighted by Gasteiger charge is -2.34. The molecule has 0 aromatic heterocycles. The zero-order valence-corrected chi connectivity index (χ0v) is 11.6. The normalized spacial score (nSPS) is 19.7. The van der Waals surface area contributed by atoms with Gasteiger partial charge in [0.1, 0.15) is 5.75 Å². The van der Waals surface area contributed by atoms with Gasteiger partial charge >= 0.3 is 0 Å². The SMILES string of the molecule is CNc1ccc2c(c1)N(CC(C)CN)C(=O)C(C)O2. The molecule has 1 aliphatic heterocycles. The summed E-state index contributed by atoms with van der Waals surface area (Å²) in [5.41, 5.74) is 7.43. The minimum atomic E-state index is -0.446. The third kappa shape index (κ3) is 2.66. The molecule has 2 atom stereocenters. The van der Waals surface area contributed by atoms with Crippen LogP contribution in [0.1, 0.15) is 13.8 Å². The molecule has 5 heteroatoms. The average Bonchev–Trinajstić information content (AvgIpc) is 2.43. The van der Waals surface area contributed by atoms with E-state index in [1.807, 2.05) is 32.2 Å². The minimum Gasteiger partial charge on any atom is -0.479 e. The molecule has 1 aromatic carbocycles.